The Kier molecular flexibility index (Phi) is 1.93. The maximum atomic E-state index is 4.95. The highest BCUT2D eigenvalue weighted by Crippen LogP contribution is 1.93. The number of aromatic amines is 1. The van der Waals surface area contributed by atoms with E-state index in [0.29, 0.717) is 11.3 Å². The van der Waals surface area contributed by atoms with E-state index in [-0.39, 0.29) is 0 Å². The summed E-state index contributed by atoms with van der Waals surface area (Å²) in [6, 6.07) is 0. The van der Waals surface area contributed by atoms with Crippen molar-refractivity contribution in [1.82, 2.24) is 29.5 Å². The van der Waals surface area contributed by atoms with Gasteiger partial charge in [-0.25, -0.2) is 14.6 Å². The first kappa shape index (κ1) is 8.11. The van der Waals surface area contributed by atoms with Gasteiger partial charge in [0.2, 0.25) is 4.77 Å². The quantitative estimate of drug-likeness (QED) is 0.693. The molecule has 0 aliphatic carbocycles. The average Bonchev–Trinajstić information content (AvgIpc) is 2.64. The Bertz CT molecular complexity index is 438. The Morgan fingerprint density at radius 2 is 2.46 bits per heavy atom. The highest BCUT2D eigenvalue weighted by Gasteiger charge is 1.99. The van der Waals surface area contributed by atoms with E-state index in [9.17, 15) is 0 Å². The lowest BCUT2D eigenvalue weighted by molar-refractivity contribution is 0.640. The Morgan fingerprint density at radius 1 is 1.62 bits per heavy atom. The van der Waals surface area contributed by atoms with Crippen LogP contribution in [0.15, 0.2) is 12.7 Å². The third-order valence-electron chi connectivity index (χ3n) is 1.59. The fourth-order valence-electron chi connectivity index (χ4n) is 0.995. The maximum absolute atomic E-state index is 4.95. The molecule has 0 aromatic carbocycles. The van der Waals surface area contributed by atoms with Crippen LogP contribution in [0.1, 0.15) is 5.82 Å². The van der Waals surface area contributed by atoms with Gasteiger partial charge < -0.3 is 0 Å². The molecule has 68 valence electrons. The Morgan fingerprint density at radius 3 is 3.00 bits per heavy atom. The van der Waals surface area contributed by atoms with Crippen molar-refractivity contribution in [2.75, 3.05) is 0 Å². The van der Waals surface area contributed by atoms with Crippen LogP contribution in [0, 0.1) is 4.77 Å². The SMILES string of the molecule is Cn1[nH]c(Cn2cncn2)nc1=S. The fraction of sp³-hybridized carbons (Fsp3) is 0.333. The minimum Gasteiger partial charge on any atom is -0.282 e. The Hall–Kier alpha value is -1.50. The van der Waals surface area contributed by atoms with E-state index < -0.39 is 0 Å². The van der Waals surface area contributed by atoms with E-state index in [4.69, 9.17) is 12.2 Å². The number of nitrogens with one attached hydrogen (secondary N) is 1. The van der Waals surface area contributed by atoms with Crippen molar-refractivity contribution in [2.45, 2.75) is 6.54 Å². The van der Waals surface area contributed by atoms with Crippen molar-refractivity contribution in [3.8, 4) is 0 Å². The van der Waals surface area contributed by atoms with Crippen LogP contribution in [0.5, 0.6) is 0 Å². The molecule has 0 amide bonds. The molecule has 0 unspecified atom stereocenters. The molecular formula is C6H8N6S. The van der Waals surface area contributed by atoms with E-state index in [1.54, 1.807) is 15.7 Å². The third-order valence-corrected chi connectivity index (χ3v) is 1.96. The van der Waals surface area contributed by atoms with Gasteiger partial charge in [0, 0.05) is 7.05 Å². The number of hydrogen-bond donors (Lipinski definition) is 1. The molecule has 2 rings (SSSR count). The van der Waals surface area contributed by atoms with Gasteiger partial charge in [0.15, 0.2) is 0 Å². The second kappa shape index (κ2) is 3.09. The molecule has 0 spiro atoms. The highest BCUT2D eigenvalue weighted by atomic mass is 32.1. The zero-order valence-electron chi connectivity index (χ0n) is 7.01. The van der Waals surface area contributed by atoms with Gasteiger partial charge in [0.25, 0.3) is 0 Å². The van der Waals surface area contributed by atoms with Gasteiger partial charge in [0.1, 0.15) is 25.0 Å². The van der Waals surface area contributed by atoms with Crippen molar-refractivity contribution in [3.63, 3.8) is 0 Å². The molecule has 0 bridgehead atoms. The molecule has 13 heavy (non-hydrogen) atoms. The number of nitrogens with zero attached hydrogens (tertiary/aromatic N) is 5. The van der Waals surface area contributed by atoms with Crippen molar-refractivity contribution in [3.05, 3.63) is 23.3 Å². The summed E-state index contributed by atoms with van der Waals surface area (Å²) in [5, 5.41) is 6.95. The van der Waals surface area contributed by atoms with Crippen molar-refractivity contribution >= 4 is 12.2 Å². The van der Waals surface area contributed by atoms with Crippen LogP contribution in [0.4, 0.5) is 0 Å². The molecule has 0 saturated carbocycles. The first-order valence-electron chi connectivity index (χ1n) is 3.70. The first-order valence-corrected chi connectivity index (χ1v) is 4.11. The Balaban J connectivity index is 2.24. The summed E-state index contributed by atoms with van der Waals surface area (Å²) >= 11 is 4.95. The van der Waals surface area contributed by atoms with Crippen LogP contribution < -0.4 is 0 Å². The van der Waals surface area contributed by atoms with Gasteiger partial charge in [0.05, 0.1) is 0 Å². The fourth-order valence-corrected chi connectivity index (χ4v) is 1.15. The summed E-state index contributed by atoms with van der Waals surface area (Å²) in [6.45, 7) is 0.560. The molecule has 0 atom stereocenters. The molecule has 0 saturated heterocycles. The summed E-state index contributed by atoms with van der Waals surface area (Å²) in [4.78, 5) is 7.94. The van der Waals surface area contributed by atoms with Crippen molar-refractivity contribution in [2.24, 2.45) is 7.05 Å². The average molecular weight is 196 g/mol. The zero-order chi connectivity index (χ0) is 9.26. The van der Waals surface area contributed by atoms with E-state index in [2.05, 4.69) is 20.2 Å². The molecule has 7 heteroatoms. The zero-order valence-corrected chi connectivity index (χ0v) is 7.82. The molecule has 0 radical (unpaired) electrons. The Labute approximate surface area is 79.2 Å². The lowest BCUT2D eigenvalue weighted by Gasteiger charge is -1.94. The van der Waals surface area contributed by atoms with Gasteiger partial charge in [-0.15, -0.1) is 0 Å². The largest absolute Gasteiger partial charge is 0.282 e. The first-order chi connectivity index (χ1) is 6.25. The highest BCUT2D eigenvalue weighted by molar-refractivity contribution is 7.71. The van der Waals surface area contributed by atoms with E-state index in [1.165, 1.54) is 6.33 Å². The standard InChI is InChI=1S/C6H8N6S/c1-11-6(13)9-5(10-11)2-12-4-7-3-8-12/h3-4H,2H2,1H3,(H,9,10,13). The van der Waals surface area contributed by atoms with Gasteiger partial charge in [-0.05, 0) is 12.2 Å². The minimum atomic E-state index is 0.537. The molecule has 6 nitrogen and oxygen atoms in total. The second-order valence-corrected chi connectivity index (χ2v) is 2.97. The molecule has 2 heterocycles. The summed E-state index contributed by atoms with van der Waals surface area (Å²) < 4.78 is 3.89. The molecule has 0 aliphatic rings. The number of hydrogen-bond acceptors (Lipinski definition) is 4. The lowest BCUT2D eigenvalue weighted by atomic mass is 10.6. The molecule has 0 aliphatic heterocycles. The summed E-state index contributed by atoms with van der Waals surface area (Å²) in [5.74, 6) is 0.776. The van der Waals surface area contributed by atoms with Crippen molar-refractivity contribution < 1.29 is 0 Å². The van der Waals surface area contributed by atoms with Crippen LogP contribution in [0.3, 0.4) is 0 Å². The number of rotatable bonds is 2. The van der Waals surface area contributed by atoms with E-state index >= 15 is 0 Å². The molecule has 2 aromatic heterocycles. The van der Waals surface area contributed by atoms with Gasteiger partial charge >= 0.3 is 0 Å². The van der Waals surface area contributed by atoms with Crippen LogP contribution >= 0.6 is 12.2 Å². The normalized spacial score (nSPS) is 10.5. The number of aromatic nitrogens is 6. The monoisotopic (exact) mass is 196 g/mol. The maximum Gasteiger partial charge on any atom is 0.215 e. The predicted molar refractivity (Wildman–Crippen MR) is 47.5 cm³/mol. The van der Waals surface area contributed by atoms with Gasteiger partial charge in [-0.3, -0.25) is 9.78 Å². The summed E-state index contributed by atoms with van der Waals surface area (Å²) in [7, 11) is 1.82. The number of aryl methyl sites for hydroxylation is 1. The van der Waals surface area contributed by atoms with Crippen LogP contribution in [0.2, 0.25) is 0 Å². The molecule has 1 N–H and O–H groups in total. The molecule has 0 fully saturated rings. The second-order valence-electron chi connectivity index (χ2n) is 2.60. The van der Waals surface area contributed by atoms with Gasteiger partial charge in [-0.2, -0.15) is 5.10 Å². The molecule has 2 aromatic rings. The van der Waals surface area contributed by atoms with Crippen LogP contribution in [0.25, 0.3) is 0 Å². The predicted octanol–water partition coefficient (Wildman–Crippen LogP) is 0.117. The van der Waals surface area contributed by atoms with Crippen molar-refractivity contribution in [1.29, 1.82) is 0 Å². The topological polar surface area (TPSA) is 64.3 Å². The summed E-state index contributed by atoms with van der Waals surface area (Å²) in [5.41, 5.74) is 0. The minimum absolute atomic E-state index is 0.537. The summed E-state index contributed by atoms with van der Waals surface area (Å²) in [6.07, 6.45) is 3.11. The third kappa shape index (κ3) is 1.64. The van der Waals surface area contributed by atoms with Crippen LogP contribution in [-0.4, -0.2) is 29.5 Å². The smallest absolute Gasteiger partial charge is 0.215 e. The number of H-pyrrole nitrogens is 1. The molecular weight excluding hydrogens is 188 g/mol. The van der Waals surface area contributed by atoms with E-state index in [1.807, 2.05) is 7.05 Å². The lowest BCUT2D eigenvalue weighted by Crippen LogP contribution is -2.02. The van der Waals surface area contributed by atoms with E-state index in [0.717, 1.165) is 5.82 Å². The van der Waals surface area contributed by atoms with Gasteiger partial charge in [-0.1, -0.05) is 0 Å². The van der Waals surface area contributed by atoms with Crippen LogP contribution in [-0.2, 0) is 13.6 Å².